The van der Waals surface area contributed by atoms with Crippen molar-refractivity contribution in [2.24, 2.45) is 0 Å². The Labute approximate surface area is 203 Å². The SMILES string of the molecule is O=C1NCC2(CCN(C(=O)COc3ccc(-c4nc(-c5ccc(C(F)(F)F)cc5)no4)cc3)CC2)O1. The van der Waals surface area contributed by atoms with Crippen LogP contribution in [-0.4, -0.2) is 58.9 Å². The summed E-state index contributed by atoms with van der Waals surface area (Å²) >= 11 is 0. The standard InChI is InChI=1S/C24H21F3N4O5/c25-24(26,27)17-5-1-15(2-6-17)20-29-21(36-30-20)16-3-7-18(8-4-16)34-13-19(32)31-11-9-23(10-12-31)14-28-22(33)35-23/h1-8H,9-14H2,(H,28,33). The van der Waals surface area contributed by atoms with Crippen LogP contribution in [0.2, 0.25) is 0 Å². The number of aromatic nitrogens is 2. The molecule has 1 aromatic heterocycles. The number of alkyl carbamates (subject to hydrolysis) is 1. The van der Waals surface area contributed by atoms with Gasteiger partial charge in [-0.1, -0.05) is 17.3 Å². The second-order valence-electron chi connectivity index (χ2n) is 8.62. The van der Waals surface area contributed by atoms with E-state index in [1.54, 1.807) is 29.2 Å². The molecule has 2 saturated heterocycles. The van der Waals surface area contributed by atoms with Gasteiger partial charge < -0.3 is 24.2 Å². The number of piperidine rings is 1. The highest BCUT2D eigenvalue weighted by atomic mass is 19.4. The lowest BCUT2D eigenvalue weighted by molar-refractivity contribution is -0.138. The smallest absolute Gasteiger partial charge is 0.416 e. The number of carbonyl (C=O) groups excluding carboxylic acids is 2. The number of hydrogen-bond acceptors (Lipinski definition) is 7. The maximum absolute atomic E-state index is 12.7. The first kappa shape index (κ1) is 23.6. The van der Waals surface area contributed by atoms with Gasteiger partial charge in [0.25, 0.3) is 11.8 Å². The molecule has 2 aromatic carbocycles. The van der Waals surface area contributed by atoms with Gasteiger partial charge in [0.05, 0.1) is 12.1 Å². The Balaban J connectivity index is 1.15. The number of hydrogen-bond donors (Lipinski definition) is 1. The van der Waals surface area contributed by atoms with Gasteiger partial charge in [0, 0.05) is 37.1 Å². The Hall–Kier alpha value is -4.09. The summed E-state index contributed by atoms with van der Waals surface area (Å²) in [6.07, 6.45) is -3.69. The zero-order valence-electron chi connectivity index (χ0n) is 18.9. The van der Waals surface area contributed by atoms with Crippen LogP contribution in [0.4, 0.5) is 18.0 Å². The third-order valence-corrected chi connectivity index (χ3v) is 6.25. The zero-order valence-corrected chi connectivity index (χ0v) is 18.9. The van der Waals surface area contributed by atoms with E-state index in [1.165, 1.54) is 12.1 Å². The van der Waals surface area contributed by atoms with Crippen LogP contribution < -0.4 is 10.1 Å². The average molecular weight is 502 g/mol. The summed E-state index contributed by atoms with van der Waals surface area (Å²) < 4.78 is 54.5. The van der Waals surface area contributed by atoms with E-state index in [0.29, 0.717) is 49.4 Å². The summed E-state index contributed by atoms with van der Waals surface area (Å²) in [4.78, 5) is 29.8. The molecule has 0 atom stereocenters. The molecule has 36 heavy (non-hydrogen) atoms. The van der Waals surface area contributed by atoms with Crippen LogP contribution >= 0.6 is 0 Å². The van der Waals surface area contributed by atoms with Crippen molar-refractivity contribution >= 4 is 12.0 Å². The summed E-state index contributed by atoms with van der Waals surface area (Å²) in [7, 11) is 0. The number of carbonyl (C=O) groups is 2. The molecule has 2 aliphatic rings. The molecule has 0 bridgehead atoms. The van der Waals surface area contributed by atoms with Crippen molar-refractivity contribution in [3.8, 4) is 28.6 Å². The lowest BCUT2D eigenvalue weighted by Crippen LogP contribution is -2.49. The normalized spacial score (nSPS) is 17.1. The van der Waals surface area contributed by atoms with Gasteiger partial charge in [0.2, 0.25) is 5.82 Å². The number of ether oxygens (including phenoxy) is 2. The Kier molecular flexibility index (Phi) is 6.02. The van der Waals surface area contributed by atoms with Gasteiger partial charge in [-0.3, -0.25) is 4.79 Å². The Morgan fingerprint density at radius 1 is 1.06 bits per heavy atom. The van der Waals surface area contributed by atoms with E-state index < -0.39 is 23.4 Å². The molecule has 9 nitrogen and oxygen atoms in total. The van der Waals surface area contributed by atoms with E-state index in [2.05, 4.69) is 15.5 Å². The minimum atomic E-state index is -4.42. The van der Waals surface area contributed by atoms with Gasteiger partial charge >= 0.3 is 12.3 Å². The minimum absolute atomic E-state index is 0.136. The Morgan fingerprint density at radius 3 is 2.33 bits per heavy atom. The molecule has 3 aromatic rings. The maximum atomic E-state index is 12.7. The van der Waals surface area contributed by atoms with Crippen molar-refractivity contribution in [2.75, 3.05) is 26.2 Å². The molecule has 2 amide bonds. The lowest BCUT2D eigenvalue weighted by Gasteiger charge is -2.37. The predicted molar refractivity (Wildman–Crippen MR) is 119 cm³/mol. The van der Waals surface area contributed by atoms with Crippen LogP contribution in [0.5, 0.6) is 5.75 Å². The number of nitrogens with zero attached hydrogens (tertiary/aromatic N) is 3. The van der Waals surface area contributed by atoms with Crippen LogP contribution in [0.25, 0.3) is 22.8 Å². The highest BCUT2D eigenvalue weighted by molar-refractivity contribution is 5.78. The van der Waals surface area contributed by atoms with E-state index in [9.17, 15) is 22.8 Å². The highest BCUT2D eigenvalue weighted by Gasteiger charge is 2.43. The summed E-state index contributed by atoms with van der Waals surface area (Å²) in [5, 5.41) is 6.50. The van der Waals surface area contributed by atoms with Crippen LogP contribution in [-0.2, 0) is 15.7 Å². The van der Waals surface area contributed by atoms with Gasteiger partial charge in [-0.25, -0.2) is 4.79 Å². The fourth-order valence-corrected chi connectivity index (χ4v) is 4.14. The maximum Gasteiger partial charge on any atom is 0.416 e. The van der Waals surface area contributed by atoms with E-state index in [-0.39, 0.29) is 24.2 Å². The topological polar surface area (TPSA) is 107 Å². The first-order chi connectivity index (χ1) is 17.2. The van der Waals surface area contributed by atoms with Gasteiger partial charge in [-0.2, -0.15) is 18.2 Å². The molecule has 0 aliphatic carbocycles. The quantitative estimate of drug-likeness (QED) is 0.564. The Bertz CT molecular complexity index is 1250. The summed E-state index contributed by atoms with van der Waals surface area (Å²) in [6, 6.07) is 11.1. The summed E-state index contributed by atoms with van der Waals surface area (Å²) in [5.41, 5.74) is -0.307. The number of rotatable bonds is 5. The van der Waals surface area contributed by atoms with Crippen molar-refractivity contribution in [2.45, 2.75) is 24.6 Å². The van der Waals surface area contributed by atoms with Gasteiger partial charge in [-0.15, -0.1) is 0 Å². The molecule has 3 heterocycles. The molecule has 5 rings (SSSR count). The lowest BCUT2D eigenvalue weighted by atomic mass is 9.91. The number of amides is 2. The minimum Gasteiger partial charge on any atom is -0.484 e. The monoisotopic (exact) mass is 502 g/mol. The third kappa shape index (κ3) is 4.97. The van der Waals surface area contributed by atoms with E-state index in [0.717, 1.165) is 12.1 Å². The predicted octanol–water partition coefficient (Wildman–Crippen LogP) is 3.90. The largest absolute Gasteiger partial charge is 0.484 e. The number of benzene rings is 2. The fourth-order valence-electron chi connectivity index (χ4n) is 4.14. The number of likely N-dealkylation sites (tertiary alicyclic amines) is 1. The second-order valence-corrected chi connectivity index (χ2v) is 8.62. The van der Waals surface area contributed by atoms with Crippen molar-refractivity contribution in [1.29, 1.82) is 0 Å². The molecular formula is C24H21F3N4O5. The van der Waals surface area contributed by atoms with E-state index >= 15 is 0 Å². The molecule has 2 aliphatic heterocycles. The molecule has 12 heteroatoms. The molecule has 2 fully saturated rings. The summed E-state index contributed by atoms with van der Waals surface area (Å²) in [6.45, 7) is 1.29. The highest BCUT2D eigenvalue weighted by Crippen LogP contribution is 2.31. The molecule has 0 saturated carbocycles. The van der Waals surface area contributed by atoms with Gasteiger partial charge in [-0.05, 0) is 36.4 Å². The van der Waals surface area contributed by atoms with Crippen molar-refractivity contribution in [3.63, 3.8) is 0 Å². The van der Waals surface area contributed by atoms with Crippen LogP contribution in [0, 0.1) is 0 Å². The molecule has 1 N–H and O–H groups in total. The Morgan fingerprint density at radius 2 is 1.72 bits per heavy atom. The third-order valence-electron chi connectivity index (χ3n) is 6.25. The van der Waals surface area contributed by atoms with E-state index in [4.69, 9.17) is 14.0 Å². The molecule has 188 valence electrons. The fraction of sp³-hybridized carbons (Fsp3) is 0.333. The molecule has 0 unspecified atom stereocenters. The first-order valence-electron chi connectivity index (χ1n) is 11.2. The van der Waals surface area contributed by atoms with Crippen molar-refractivity contribution in [1.82, 2.24) is 20.4 Å². The number of halogens is 3. The summed E-state index contributed by atoms with van der Waals surface area (Å²) in [5.74, 6) is 0.661. The second kappa shape index (κ2) is 9.17. The first-order valence-corrected chi connectivity index (χ1v) is 11.2. The van der Waals surface area contributed by atoms with Gasteiger partial charge in [0.1, 0.15) is 11.4 Å². The molecule has 0 radical (unpaired) electrons. The van der Waals surface area contributed by atoms with Crippen LogP contribution in [0.15, 0.2) is 53.1 Å². The zero-order chi connectivity index (χ0) is 25.3. The molecular weight excluding hydrogens is 481 g/mol. The number of nitrogens with one attached hydrogen (secondary N) is 1. The van der Waals surface area contributed by atoms with Crippen LogP contribution in [0.3, 0.4) is 0 Å². The van der Waals surface area contributed by atoms with Crippen molar-refractivity contribution in [3.05, 3.63) is 54.1 Å². The van der Waals surface area contributed by atoms with Gasteiger partial charge in [0.15, 0.2) is 6.61 Å². The molecule has 1 spiro atoms. The van der Waals surface area contributed by atoms with Crippen LogP contribution in [0.1, 0.15) is 18.4 Å². The van der Waals surface area contributed by atoms with Crippen molar-refractivity contribution < 1.29 is 36.8 Å². The van der Waals surface area contributed by atoms with E-state index in [1.807, 2.05) is 0 Å². The number of alkyl halides is 3. The average Bonchev–Trinajstić information content (AvgIpc) is 3.50.